The highest BCUT2D eigenvalue weighted by Gasteiger charge is 2.18. The minimum Gasteiger partial charge on any atom is -0.291 e. The van der Waals surface area contributed by atoms with E-state index < -0.39 is 0 Å². The topological polar surface area (TPSA) is 12.4 Å². The van der Waals surface area contributed by atoms with E-state index in [0.717, 1.165) is 6.04 Å². The van der Waals surface area contributed by atoms with Crippen molar-refractivity contribution in [2.75, 3.05) is 0 Å². The molecule has 2 aliphatic carbocycles. The maximum Gasteiger partial charge on any atom is 0.0499 e. The highest BCUT2D eigenvalue weighted by molar-refractivity contribution is 5.89. The van der Waals surface area contributed by atoms with E-state index >= 15 is 0 Å². The molecule has 0 amide bonds. The van der Waals surface area contributed by atoms with E-state index in [9.17, 15) is 0 Å². The first-order valence-corrected chi connectivity index (χ1v) is 4.01. The summed E-state index contributed by atoms with van der Waals surface area (Å²) < 4.78 is 0. The maximum atomic E-state index is 4.60. The molecule has 2 fully saturated rings. The molecular weight excluding hydrogens is 110 g/mol. The van der Waals surface area contributed by atoms with Crippen molar-refractivity contribution in [1.29, 1.82) is 0 Å². The quantitative estimate of drug-likeness (QED) is 0.506. The second-order valence-corrected chi connectivity index (χ2v) is 3.13. The Balaban J connectivity index is 1.85. The average molecular weight is 123 g/mol. The van der Waals surface area contributed by atoms with Gasteiger partial charge >= 0.3 is 0 Å². The van der Waals surface area contributed by atoms with Gasteiger partial charge in [-0.25, -0.2) is 0 Å². The Kier molecular flexibility index (Phi) is 1.29. The molecule has 9 heavy (non-hydrogen) atoms. The summed E-state index contributed by atoms with van der Waals surface area (Å²) in [7, 11) is 0. The molecule has 2 aliphatic rings. The molecule has 1 nitrogen and oxygen atoms in total. The lowest BCUT2D eigenvalue weighted by Gasteiger charge is -2.25. The highest BCUT2D eigenvalue weighted by atomic mass is 14.8. The van der Waals surface area contributed by atoms with Gasteiger partial charge in [-0.3, -0.25) is 4.99 Å². The van der Waals surface area contributed by atoms with Crippen LogP contribution in [0, 0.1) is 0 Å². The van der Waals surface area contributed by atoms with Crippen LogP contribution >= 0.6 is 0 Å². The van der Waals surface area contributed by atoms with Crippen molar-refractivity contribution in [3.63, 3.8) is 0 Å². The van der Waals surface area contributed by atoms with Crippen molar-refractivity contribution in [2.45, 2.75) is 44.6 Å². The fourth-order valence-corrected chi connectivity index (χ4v) is 1.24. The average Bonchev–Trinajstić information content (AvgIpc) is 1.57. The van der Waals surface area contributed by atoms with Gasteiger partial charge in [0, 0.05) is 11.8 Å². The van der Waals surface area contributed by atoms with Gasteiger partial charge in [0.1, 0.15) is 0 Å². The molecule has 0 radical (unpaired) electrons. The minimum absolute atomic E-state index is 0.750. The van der Waals surface area contributed by atoms with Crippen LogP contribution in [0.5, 0.6) is 0 Å². The molecule has 0 aliphatic heterocycles. The summed E-state index contributed by atoms with van der Waals surface area (Å²) in [5.74, 6) is 0. The highest BCUT2D eigenvalue weighted by Crippen LogP contribution is 2.25. The van der Waals surface area contributed by atoms with Crippen molar-refractivity contribution in [3.05, 3.63) is 0 Å². The normalized spacial score (nSPS) is 26.9. The Morgan fingerprint density at radius 3 is 2.22 bits per heavy atom. The molecule has 0 N–H and O–H groups in total. The van der Waals surface area contributed by atoms with E-state index in [4.69, 9.17) is 0 Å². The fraction of sp³-hybridized carbons (Fsp3) is 0.875. The van der Waals surface area contributed by atoms with Crippen molar-refractivity contribution in [2.24, 2.45) is 4.99 Å². The Labute approximate surface area is 56.2 Å². The maximum absolute atomic E-state index is 4.60. The SMILES string of the molecule is C1CC(=NC2CCC2)C1. The predicted molar refractivity (Wildman–Crippen MR) is 38.9 cm³/mol. The van der Waals surface area contributed by atoms with Crippen LogP contribution in [0.25, 0.3) is 0 Å². The van der Waals surface area contributed by atoms with Crippen LogP contribution in [-0.4, -0.2) is 11.8 Å². The van der Waals surface area contributed by atoms with Crippen LogP contribution in [-0.2, 0) is 0 Å². The third-order valence-corrected chi connectivity index (χ3v) is 2.37. The zero-order valence-corrected chi connectivity index (χ0v) is 5.77. The van der Waals surface area contributed by atoms with E-state index in [1.165, 1.54) is 44.2 Å². The summed E-state index contributed by atoms with van der Waals surface area (Å²) in [6.45, 7) is 0. The molecular formula is C8H13N. The third kappa shape index (κ3) is 1.00. The monoisotopic (exact) mass is 123 g/mol. The molecule has 1 heteroatoms. The Morgan fingerprint density at radius 1 is 1.11 bits per heavy atom. The van der Waals surface area contributed by atoms with Gasteiger partial charge in [0.05, 0.1) is 0 Å². The molecule has 0 aromatic carbocycles. The molecule has 50 valence electrons. The fourth-order valence-electron chi connectivity index (χ4n) is 1.24. The molecule has 0 aromatic rings. The zero-order valence-electron chi connectivity index (χ0n) is 5.77. The summed E-state index contributed by atoms with van der Waals surface area (Å²) in [5.41, 5.74) is 1.50. The number of nitrogens with zero attached hydrogens (tertiary/aromatic N) is 1. The first-order valence-electron chi connectivity index (χ1n) is 4.01. The van der Waals surface area contributed by atoms with Gasteiger partial charge in [0.2, 0.25) is 0 Å². The molecule has 0 heterocycles. The predicted octanol–water partition coefficient (Wildman–Crippen LogP) is 2.16. The van der Waals surface area contributed by atoms with Crippen LogP contribution in [0.3, 0.4) is 0 Å². The lowest BCUT2D eigenvalue weighted by Crippen LogP contribution is -2.20. The molecule has 0 spiro atoms. The number of rotatable bonds is 1. The Hall–Kier alpha value is -0.330. The zero-order chi connectivity index (χ0) is 6.10. The third-order valence-electron chi connectivity index (χ3n) is 2.37. The van der Waals surface area contributed by atoms with Gasteiger partial charge in [0.25, 0.3) is 0 Å². The van der Waals surface area contributed by atoms with Crippen LogP contribution in [0.15, 0.2) is 4.99 Å². The van der Waals surface area contributed by atoms with Gasteiger partial charge in [-0.15, -0.1) is 0 Å². The lowest BCUT2D eigenvalue weighted by atomic mass is 9.91. The summed E-state index contributed by atoms with van der Waals surface area (Å²) >= 11 is 0. The second kappa shape index (κ2) is 2.13. The lowest BCUT2D eigenvalue weighted by molar-refractivity contribution is 0.417. The van der Waals surface area contributed by atoms with E-state index in [1.54, 1.807) is 0 Å². The van der Waals surface area contributed by atoms with E-state index in [1.807, 2.05) is 0 Å². The molecule has 0 bridgehead atoms. The second-order valence-electron chi connectivity index (χ2n) is 3.13. The first-order chi connectivity index (χ1) is 4.45. The molecule has 0 saturated heterocycles. The largest absolute Gasteiger partial charge is 0.291 e. The van der Waals surface area contributed by atoms with Gasteiger partial charge in [0.15, 0.2) is 0 Å². The van der Waals surface area contributed by atoms with E-state index in [0.29, 0.717) is 0 Å². The minimum atomic E-state index is 0.750. The van der Waals surface area contributed by atoms with Gasteiger partial charge < -0.3 is 0 Å². The van der Waals surface area contributed by atoms with Gasteiger partial charge in [-0.1, -0.05) is 0 Å². The first kappa shape index (κ1) is 5.45. The standard InChI is InChI=1S/C8H13N/c1-3-7(4-1)9-8-5-2-6-8/h7H,1-6H2. The van der Waals surface area contributed by atoms with Crippen molar-refractivity contribution in [1.82, 2.24) is 0 Å². The number of aliphatic imine (C=N–C) groups is 1. The molecule has 2 rings (SSSR count). The van der Waals surface area contributed by atoms with Crippen molar-refractivity contribution >= 4 is 5.71 Å². The van der Waals surface area contributed by atoms with Crippen LogP contribution in [0.1, 0.15) is 38.5 Å². The molecule has 0 atom stereocenters. The smallest absolute Gasteiger partial charge is 0.0499 e. The van der Waals surface area contributed by atoms with E-state index in [2.05, 4.69) is 4.99 Å². The van der Waals surface area contributed by atoms with E-state index in [-0.39, 0.29) is 0 Å². The Morgan fingerprint density at radius 2 is 1.89 bits per heavy atom. The number of hydrogen-bond acceptors (Lipinski definition) is 1. The Bertz CT molecular complexity index is 128. The van der Waals surface area contributed by atoms with Crippen molar-refractivity contribution in [3.8, 4) is 0 Å². The summed E-state index contributed by atoms with van der Waals surface area (Å²) in [6.07, 6.45) is 8.15. The summed E-state index contributed by atoms with van der Waals surface area (Å²) in [5, 5.41) is 0. The molecule has 0 aromatic heterocycles. The van der Waals surface area contributed by atoms with Crippen LogP contribution in [0.2, 0.25) is 0 Å². The van der Waals surface area contributed by atoms with Crippen molar-refractivity contribution < 1.29 is 0 Å². The summed E-state index contributed by atoms with van der Waals surface area (Å²) in [4.78, 5) is 4.60. The van der Waals surface area contributed by atoms with Crippen LogP contribution in [0.4, 0.5) is 0 Å². The molecule has 2 saturated carbocycles. The summed E-state index contributed by atoms with van der Waals surface area (Å²) in [6, 6.07) is 0.750. The van der Waals surface area contributed by atoms with Gasteiger partial charge in [-0.2, -0.15) is 0 Å². The molecule has 0 unspecified atom stereocenters. The number of hydrogen-bond donors (Lipinski definition) is 0. The van der Waals surface area contributed by atoms with Crippen LogP contribution < -0.4 is 0 Å². The van der Waals surface area contributed by atoms with Gasteiger partial charge in [-0.05, 0) is 38.5 Å².